The monoisotopic (exact) mass is 233 g/mol. The smallest absolute Gasteiger partial charge is 0.229 e. The molecule has 0 saturated heterocycles. The highest BCUT2D eigenvalue weighted by Crippen LogP contribution is 2.19. The largest absolute Gasteiger partial charge is 0.285 e. The SMILES string of the molecule is C1CCCC1.CC(C)[N+]1=Cc2cccn2C1C. The van der Waals surface area contributed by atoms with Gasteiger partial charge in [-0.3, -0.25) is 4.57 Å². The third-order valence-corrected chi connectivity index (χ3v) is 3.77. The van der Waals surface area contributed by atoms with Gasteiger partial charge in [-0.25, -0.2) is 4.58 Å². The fourth-order valence-corrected chi connectivity index (χ4v) is 2.73. The second-order valence-corrected chi connectivity index (χ2v) is 5.41. The second kappa shape index (κ2) is 5.52. The molecule has 2 heterocycles. The Balaban J connectivity index is 0.000000181. The van der Waals surface area contributed by atoms with Gasteiger partial charge in [0.25, 0.3) is 0 Å². The number of fused-ring (bicyclic) bond motifs is 1. The summed E-state index contributed by atoms with van der Waals surface area (Å²) < 4.78 is 4.66. The van der Waals surface area contributed by atoms with E-state index in [1.165, 1.54) is 37.8 Å². The molecular formula is C15H25N2+. The van der Waals surface area contributed by atoms with E-state index in [-0.39, 0.29) is 0 Å². The summed E-state index contributed by atoms with van der Waals surface area (Å²) in [5, 5.41) is 0. The normalized spacial score (nSPS) is 22.1. The molecule has 2 nitrogen and oxygen atoms in total. The maximum Gasteiger partial charge on any atom is 0.229 e. The first-order chi connectivity index (χ1) is 8.20. The van der Waals surface area contributed by atoms with E-state index in [2.05, 4.69) is 54.5 Å². The zero-order chi connectivity index (χ0) is 12.3. The quantitative estimate of drug-likeness (QED) is 0.652. The summed E-state index contributed by atoms with van der Waals surface area (Å²) in [5.41, 5.74) is 1.32. The van der Waals surface area contributed by atoms with Crippen molar-refractivity contribution in [1.29, 1.82) is 0 Å². The zero-order valence-electron chi connectivity index (χ0n) is 11.4. The molecule has 2 aliphatic rings. The van der Waals surface area contributed by atoms with Crippen molar-refractivity contribution in [2.24, 2.45) is 0 Å². The van der Waals surface area contributed by atoms with Gasteiger partial charge < -0.3 is 0 Å². The molecule has 1 aliphatic carbocycles. The molecular weight excluding hydrogens is 208 g/mol. The van der Waals surface area contributed by atoms with E-state index in [4.69, 9.17) is 0 Å². The highest BCUT2D eigenvalue weighted by molar-refractivity contribution is 5.74. The topological polar surface area (TPSA) is 7.94 Å². The van der Waals surface area contributed by atoms with Crippen molar-refractivity contribution in [2.75, 3.05) is 0 Å². The van der Waals surface area contributed by atoms with Gasteiger partial charge in [-0.05, 0) is 26.0 Å². The van der Waals surface area contributed by atoms with Crippen LogP contribution in [0.1, 0.15) is 64.7 Å². The van der Waals surface area contributed by atoms with Crippen molar-refractivity contribution in [1.82, 2.24) is 4.57 Å². The molecule has 1 aromatic rings. The van der Waals surface area contributed by atoms with E-state index < -0.39 is 0 Å². The van der Waals surface area contributed by atoms with Crippen molar-refractivity contribution in [2.45, 2.75) is 65.1 Å². The summed E-state index contributed by atoms with van der Waals surface area (Å²) in [5.74, 6) is 0. The molecule has 94 valence electrons. The first-order valence-electron chi connectivity index (χ1n) is 6.99. The molecule has 2 heteroatoms. The molecule has 0 bridgehead atoms. The fourth-order valence-electron chi connectivity index (χ4n) is 2.73. The van der Waals surface area contributed by atoms with Crippen LogP contribution in [0.4, 0.5) is 0 Å². The van der Waals surface area contributed by atoms with E-state index in [1.54, 1.807) is 0 Å². The van der Waals surface area contributed by atoms with Crippen LogP contribution in [0.25, 0.3) is 0 Å². The maximum atomic E-state index is 2.37. The molecule has 0 amide bonds. The molecule has 1 fully saturated rings. The van der Waals surface area contributed by atoms with E-state index in [9.17, 15) is 0 Å². The Bertz CT molecular complexity index is 376. The minimum Gasteiger partial charge on any atom is -0.285 e. The maximum absolute atomic E-state index is 2.37. The van der Waals surface area contributed by atoms with Crippen LogP contribution < -0.4 is 0 Å². The summed E-state index contributed by atoms with van der Waals surface area (Å²) in [6, 6.07) is 4.83. The number of hydrogen-bond acceptors (Lipinski definition) is 0. The Morgan fingerprint density at radius 2 is 1.76 bits per heavy atom. The highest BCUT2D eigenvalue weighted by atomic mass is 15.3. The Labute approximate surface area is 105 Å². The van der Waals surface area contributed by atoms with Crippen molar-refractivity contribution in [3.8, 4) is 0 Å². The number of hydrogen-bond donors (Lipinski definition) is 0. The van der Waals surface area contributed by atoms with E-state index >= 15 is 0 Å². The average Bonchev–Trinajstić information content (AvgIpc) is 2.98. The summed E-state index contributed by atoms with van der Waals surface area (Å²) in [7, 11) is 0. The van der Waals surface area contributed by atoms with Gasteiger partial charge in [-0.15, -0.1) is 0 Å². The Morgan fingerprint density at radius 1 is 1.18 bits per heavy atom. The van der Waals surface area contributed by atoms with Gasteiger partial charge in [0.2, 0.25) is 6.17 Å². The molecule has 0 radical (unpaired) electrons. The molecule has 17 heavy (non-hydrogen) atoms. The van der Waals surface area contributed by atoms with Crippen LogP contribution in [-0.4, -0.2) is 21.4 Å². The molecule has 0 spiro atoms. The first kappa shape index (κ1) is 12.4. The number of nitrogens with zero attached hydrogens (tertiary/aromatic N) is 2. The van der Waals surface area contributed by atoms with Gasteiger partial charge in [-0.2, -0.15) is 0 Å². The van der Waals surface area contributed by atoms with E-state index in [0.717, 1.165) is 0 Å². The highest BCUT2D eigenvalue weighted by Gasteiger charge is 2.27. The Morgan fingerprint density at radius 3 is 2.24 bits per heavy atom. The van der Waals surface area contributed by atoms with Crippen LogP contribution in [-0.2, 0) is 0 Å². The Hall–Kier alpha value is -1.05. The molecule has 1 atom stereocenters. The van der Waals surface area contributed by atoms with Gasteiger partial charge in [0, 0.05) is 13.1 Å². The van der Waals surface area contributed by atoms with Crippen LogP contribution in [0.5, 0.6) is 0 Å². The van der Waals surface area contributed by atoms with Crippen molar-refractivity contribution < 1.29 is 4.58 Å². The predicted molar refractivity (Wildman–Crippen MR) is 72.8 cm³/mol. The average molecular weight is 233 g/mol. The lowest BCUT2D eigenvalue weighted by Gasteiger charge is -2.10. The lowest BCUT2D eigenvalue weighted by molar-refractivity contribution is -0.602. The third kappa shape index (κ3) is 2.80. The molecule has 0 N–H and O–H groups in total. The van der Waals surface area contributed by atoms with Crippen molar-refractivity contribution in [3.63, 3.8) is 0 Å². The third-order valence-electron chi connectivity index (χ3n) is 3.77. The van der Waals surface area contributed by atoms with Crippen LogP contribution in [0.15, 0.2) is 18.3 Å². The molecule has 1 unspecified atom stereocenters. The summed E-state index contributed by atoms with van der Waals surface area (Å²) in [6.45, 7) is 6.67. The lowest BCUT2D eigenvalue weighted by Crippen LogP contribution is -2.22. The van der Waals surface area contributed by atoms with Gasteiger partial charge in [0.1, 0.15) is 11.7 Å². The lowest BCUT2D eigenvalue weighted by atomic mass is 10.3. The van der Waals surface area contributed by atoms with Crippen molar-refractivity contribution >= 4 is 6.21 Å². The van der Waals surface area contributed by atoms with Gasteiger partial charge in [0.15, 0.2) is 6.21 Å². The standard InChI is InChI=1S/C10H15N2.C5H10/c1-8(2)12-7-10-5-4-6-11(10)9(12)3;1-2-4-5-3-1/h4-9H,1-3H3;1-5H2/q+1;. The van der Waals surface area contributed by atoms with Gasteiger partial charge in [0.05, 0.1) is 0 Å². The summed E-state index contributed by atoms with van der Waals surface area (Å²) in [4.78, 5) is 0. The molecule has 1 aromatic heterocycles. The van der Waals surface area contributed by atoms with Crippen LogP contribution >= 0.6 is 0 Å². The summed E-state index contributed by atoms with van der Waals surface area (Å²) in [6.07, 6.45) is 12.4. The number of aromatic nitrogens is 1. The first-order valence-corrected chi connectivity index (χ1v) is 6.99. The predicted octanol–water partition coefficient (Wildman–Crippen LogP) is 3.81. The number of rotatable bonds is 1. The molecule has 1 saturated carbocycles. The molecule has 0 aromatic carbocycles. The minimum atomic E-state index is 0.481. The van der Waals surface area contributed by atoms with E-state index in [1.807, 2.05) is 0 Å². The van der Waals surface area contributed by atoms with E-state index in [0.29, 0.717) is 12.2 Å². The fraction of sp³-hybridized carbons (Fsp3) is 0.667. The Kier molecular flexibility index (Phi) is 4.03. The van der Waals surface area contributed by atoms with Crippen LogP contribution in [0.2, 0.25) is 0 Å². The second-order valence-electron chi connectivity index (χ2n) is 5.41. The van der Waals surface area contributed by atoms with Gasteiger partial charge >= 0.3 is 0 Å². The van der Waals surface area contributed by atoms with Crippen LogP contribution in [0.3, 0.4) is 0 Å². The molecule has 3 rings (SSSR count). The zero-order valence-corrected chi connectivity index (χ0v) is 11.4. The van der Waals surface area contributed by atoms with Gasteiger partial charge in [-0.1, -0.05) is 32.1 Å². The van der Waals surface area contributed by atoms with Crippen molar-refractivity contribution in [3.05, 3.63) is 24.0 Å². The molecule has 1 aliphatic heterocycles. The van der Waals surface area contributed by atoms with Crippen LogP contribution in [0, 0.1) is 0 Å². The summed E-state index contributed by atoms with van der Waals surface area (Å²) >= 11 is 0. The minimum absolute atomic E-state index is 0.481.